The second kappa shape index (κ2) is 9.66. The predicted octanol–water partition coefficient (Wildman–Crippen LogP) is 6.70. The van der Waals surface area contributed by atoms with Crippen molar-refractivity contribution in [2.45, 2.75) is 45.1 Å². The van der Waals surface area contributed by atoms with Gasteiger partial charge >= 0.3 is 0 Å². The number of pyridine rings is 1. The van der Waals surface area contributed by atoms with E-state index in [1.165, 1.54) is 29.5 Å². The topological polar surface area (TPSA) is 65.8 Å². The Morgan fingerprint density at radius 2 is 2.15 bits per heavy atom. The second-order valence-corrected chi connectivity index (χ2v) is 11.2. The van der Waals surface area contributed by atoms with Crippen molar-refractivity contribution in [1.29, 1.82) is 5.26 Å². The second-order valence-electron chi connectivity index (χ2n) is 9.33. The van der Waals surface area contributed by atoms with Crippen molar-refractivity contribution in [1.82, 2.24) is 4.98 Å². The van der Waals surface area contributed by atoms with Crippen LogP contribution in [0.3, 0.4) is 0 Å². The lowest BCUT2D eigenvalue weighted by Crippen LogP contribution is -2.28. The number of carbonyl (C=O) groups is 1. The van der Waals surface area contributed by atoms with E-state index in [1.54, 1.807) is 23.5 Å². The van der Waals surface area contributed by atoms with Gasteiger partial charge in [-0.3, -0.25) is 4.79 Å². The molecule has 1 amide bonds. The Morgan fingerprint density at radius 3 is 2.82 bits per heavy atom. The first kappa shape index (κ1) is 23.5. The fourth-order valence-corrected chi connectivity index (χ4v) is 5.88. The normalized spacial score (nSPS) is 15.5. The number of aryl methyl sites for hydroxylation is 1. The third-order valence-electron chi connectivity index (χ3n) is 6.08. The zero-order valence-corrected chi connectivity index (χ0v) is 20.6. The summed E-state index contributed by atoms with van der Waals surface area (Å²) >= 11 is 2.88. The molecule has 1 N–H and O–H groups in total. The highest BCUT2D eigenvalue weighted by Gasteiger charge is 2.33. The van der Waals surface area contributed by atoms with Gasteiger partial charge in [-0.2, -0.15) is 5.26 Å². The largest absolute Gasteiger partial charge is 0.325 e. The zero-order chi connectivity index (χ0) is 23.6. The molecular weight excluding hydrogens is 453 g/mol. The third kappa shape index (κ3) is 5.29. The summed E-state index contributed by atoms with van der Waals surface area (Å²) in [4.78, 5) is 18.4. The number of thiophene rings is 1. The van der Waals surface area contributed by atoms with Crippen LogP contribution in [0.5, 0.6) is 0 Å². The number of hydrogen-bond acceptors (Lipinski definition) is 5. The number of halogens is 1. The van der Waals surface area contributed by atoms with E-state index in [9.17, 15) is 14.4 Å². The number of rotatable bonds is 5. The summed E-state index contributed by atoms with van der Waals surface area (Å²) in [5.74, 6) is -0.0596. The highest BCUT2D eigenvalue weighted by molar-refractivity contribution is 8.00. The fourth-order valence-electron chi connectivity index (χ4n) is 4.27. The van der Waals surface area contributed by atoms with Crippen LogP contribution in [0.25, 0.3) is 10.4 Å². The van der Waals surface area contributed by atoms with Gasteiger partial charge in [0.15, 0.2) is 0 Å². The molecule has 170 valence electrons. The lowest BCUT2D eigenvalue weighted by molar-refractivity contribution is -0.113. The lowest BCUT2D eigenvalue weighted by Gasteiger charge is -2.35. The molecule has 4 nitrogen and oxygen atoms in total. The summed E-state index contributed by atoms with van der Waals surface area (Å²) < 4.78 is 13.4. The van der Waals surface area contributed by atoms with E-state index in [2.05, 4.69) is 32.2 Å². The number of nitrogens with one attached hydrogen (secondary N) is 1. The SMILES string of the molecule is CC(C)(C)[C@H]1CCc2nc(SCC(=O)Nc3cccc(F)c3)c(C#N)c(-c3cccs3)c2C1. The molecule has 1 aromatic carbocycles. The number of amides is 1. The van der Waals surface area contributed by atoms with Crippen LogP contribution in [0.15, 0.2) is 46.8 Å². The molecule has 0 spiro atoms. The molecule has 7 heteroatoms. The number of aromatic nitrogens is 1. The van der Waals surface area contributed by atoms with Crippen LogP contribution in [0.1, 0.15) is 44.0 Å². The van der Waals surface area contributed by atoms with Crippen molar-refractivity contribution in [3.63, 3.8) is 0 Å². The van der Waals surface area contributed by atoms with Gasteiger partial charge in [0.25, 0.3) is 0 Å². The van der Waals surface area contributed by atoms with E-state index in [-0.39, 0.29) is 17.1 Å². The minimum atomic E-state index is -0.405. The quantitative estimate of drug-likeness (QED) is 0.413. The number of nitriles is 1. The first-order valence-electron chi connectivity index (χ1n) is 10.9. The lowest BCUT2D eigenvalue weighted by atomic mass is 9.70. The fraction of sp³-hybridized carbons (Fsp3) is 0.346. The average molecular weight is 480 g/mol. The molecule has 33 heavy (non-hydrogen) atoms. The number of benzene rings is 1. The summed E-state index contributed by atoms with van der Waals surface area (Å²) in [6.45, 7) is 6.81. The maximum absolute atomic E-state index is 13.4. The number of thioether (sulfide) groups is 1. The number of nitrogens with zero attached hydrogens (tertiary/aromatic N) is 2. The van der Waals surface area contributed by atoms with E-state index >= 15 is 0 Å². The van der Waals surface area contributed by atoms with Gasteiger partial charge in [-0.25, -0.2) is 9.37 Å². The molecule has 0 bridgehead atoms. The third-order valence-corrected chi connectivity index (χ3v) is 7.95. The molecule has 2 aromatic heterocycles. The minimum Gasteiger partial charge on any atom is -0.325 e. The zero-order valence-electron chi connectivity index (χ0n) is 18.9. The standard InChI is InChI=1S/C26H26FN3OS2/c1-26(2,3)16-9-10-21-19(12-16)24(22-8-5-11-32-22)20(14-28)25(30-21)33-15-23(31)29-18-7-4-6-17(27)13-18/h4-8,11,13,16H,9-10,12,15H2,1-3H3,(H,29,31)/t16-/m0/s1. The van der Waals surface area contributed by atoms with Crippen LogP contribution < -0.4 is 5.32 Å². The van der Waals surface area contributed by atoms with Crippen molar-refractivity contribution in [3.8, 4) is 16.5 Å². The predicted molar refractivity (Wildman–Crippen MR) is 133 cm³/mol. The molecule has 0 radical (unpaired) electrons. The molecule has 1 atom stereocenters. The molecule has 2 heterocycles. The van der Waals surface area contributed by atoms with E-state index in [0.717, 1.165) is 35.4 Å². The highest BCUT2D eigenvalue weighted by atomic mass is 32.2. The molecule has 0 saturated carbocycles. The van der Waals surface area contributed by atoms with Gasteiger partial charge in [0.05, 0.1) is 11.3 Å². The number of anilines is 1. The van der Waals surface area contributed by atoms with Gasteiger partial charge in [0.2, 0.25) is 5.91 Å². The van der Waals surface area contributed by atoms with E-state index in [0.29, 0.717) is 22.2 Å². The molecule has 1 aliphatic carbocycles. The van der Waals surface area contributed by atoms with Crippen LogP contribution in [0, 0.1) is 28.5 Å². The van der Waals surface area contributed by atoms with Crippen LogP contribution in [0.4, 0.5) is 10.1 Å². The van der Waals surface area contributed by atoms with Crippen molar-refractivity contribution in [3.05, 3.63) is 64.4 Å². The highest BCUT2D eigenvalue weighted by Crippen LogP contribution is 2.44. The smallest absolute Gasteiger partial charge is 0.234 e. The summed E-state index contributed by atoms with van der Waals surface area (Å²) in [7, 11) is 0. The molecule has 4 rings (SSSR count). The Kier molecular flexibility index (Phi) is 6.87. The van der Waals surface area contributed by atoms with Gasteiger partial charge in [-0.1, -0.05) is 44.7 Å². The van der Waals surface area contributed by atoms with Crippen molar-refractivity contribution < 1.29 is 9.18 Å². The molecule has 3 aromatic rings. The molecule has 0 fully saturated rings. The minimum absolute atomic E-state index is 0.0888. The number of hydrogen-bond donors (Lipinski definition) is 1. The van der Waals surface area contributed by atoms with Gasteiger partial charge in [0.1, 0.15) is 16.9 Å². The first-order chi connectivity index (χ1) is 15.8. The number of fused-ring (bicyclic) bond motifs is 1. The summed E-state index contributed by atoms with van der Waals surface area (Å²) in [5, 5.41) is 15.4. The molecule has 0 saturated heterocycles. The maximum atomic E-state index is 13.4. The Morgan fingerprint density at radius 1 is 1.33 bits per heavy atom. The molecule has 0 aliphatic heterocycles. The van der Waals surface area contributed by atoms with Crippen LogP contribution in [-0.4, -0.2) is 16.6 Å². The van der Waals surface area contributed by atoms with Crippen molar-refractivity contribution in [2.24, 2.45) is 11.3 Å². The van der Waals surface area contributed by atoms with Gasteiger partial charge in [0, 0.05) is 21.8 Å². The molecular formula is C26H26FN3OS2. The first-order valence-corrected chi connectivity index (χ1v) is 12.8. The van der Waals surface area contributed by atoms with E-state index < -0.39 is 5.82 Å². The Bertz CT molecular complexity index is 1210. The summed E-state index contributed by atoms with van der Waals surface area (Å²) in [6, 6.07) is 12.2. The van der Waals surface area contributed by atoms with Crippen molar-refractivity contribution in [2.75, 3.05) is 11.1 Å². The summed E-state index contributed by atoms with van der Waals surface area (Å²) in [6.07, 6.45) is 2.83. The maximum Gasteiger partial charge on any atom is 0.234 e. The van der Waals surface area contributed by atoms with Crippen molar-refractivity contribution >= 4 is 34.7 Å². The average Bonchev–Trinajstić information content (AvgIpc) is 3.30. The van der Waals surface area contributed by atoms with E-state index in [4.69, 9.17) is 4.98 Å². The Hall–Kier alpha value is -2.69. The number of carbonyl (C=O) groups excluding carboxylic acids is 1. The van der Waals surface area contributed by atoms with Gasteiger partial charge in [-0.05, 0) is 65.8 Å². The molecule has 0 unspecified atom stereocenters. The van der Waals surface area contributed by atoms with Gasteiger partial charge < -0.3 is 5.32 Å². The van der Waals surface area contributed by atoms with E-state index in [1.807, 2.05) is 17.5 Å². The Balaban J connectivity index is 1.65. The summed E-state index contributed by atoms with van der Waals surface area (Å²) in [5.41, 5.74) is 4.31. The van der Waals surface area contributed by atoms with Crippen LogP contribution in [-0.2, 0) is 17.6 Å². The van der Waals surface area contributed by atoms with Crippen LogP contribution >= 0.6 is 23.1 Å². The van der Waals surface area contributed by atoms with Gasteiger partial charge in [-0.15, -0.1) is 11.3 Å². The van der Waals surface area contributed by atoms with Crippen LogP contribution in [0.2, 0.25) is 0 Å². The Labute approximate surface area is 202 Å². The monoisotopic (exact) mass is 479 g/mol. The molecule has 1 aliphatic rings.